The van der Waals surface area contributed by atoms with Crippen LogP contribution in [0.15, 0.2) is 215 Å². The van der Waals surface area contributed by atoms with Crippen LogP contribution in [0.2, 0.25) is 0 Å². The molecule has 0 radical (unpaired) electrons. The molecule has 0 atom stereocenters. The molecule has 1 aliphatic carbocycles. The maximum absolute atomic E-state index is 6.64. The summed E-state index contributed by atoms with van der Waals surface area (Å²) in [6.45, 7) is 0. The normalized spacial score (nSPS) is 13.1. The molecule has 0 unspecified atom stereocenters. The molecule has 14 rings (SSSR count). The standard InChI is InChI=1S/C58H34N4O2/c1-2-16-35(17-3-1)36-32-33-40-39-20-6-11-27-47(39)62(48(40)34-36)57-60-55(43-23-14-30-51-53(43)41-21-7-12-28-49(41)63-51)59-56(61-57)58(44-24-9-4-18-37(44)38-19-5-10-25-45(38)58)46-26-15-31-52-54(46)42-22-8-13-29-50(42)64-52/h1-34H. The van der Waals surface area contributed by atoms with E-state index in [1.165, 1.54) is 0 Å². The zero-order valence-electron chi connectivity index (χ0n) is 34.2. The van der Waals surface area contributed by atoms with Gasteiger partial charge in [0.2, 0.25) is 5.95 Å². The Morgan fingerprint density at radius 2 is 0.906 bits per heavy atom. The summed E-state index contributed by atoms with van der Waals surface area (Å²) >= 11 is 0. The van der Waals surface area contributed by atoms with Crippen molar-refractivity contribution in [2.45, 2.75) is 5.41 Å². The Kier molecular flexibility index (Phi) is 7.22. The van der Waals surface area contributed by atoms with E-state index in [1.807, 2.05) is 36.4 Å². The SMILES string of the molecule is c1ccc(-c2ccc3c4ccccc4n(-c4nc(-c5cccc6oc7ccccc7c56)nc(C5(c6cccc7oc8ccccc8c67)c6ccccc6-c6ccccc65)n4)c3c2)cc1. The molecule has 4 heterocycles. The predicted octanol–water partition coefficient (Wildman–Crippen LogP) is 14.5. The van der Waals surface area contributed by atoms with Crippen molar-refractivity contribution in [3.63, 3.8) is 0 Å². The van der Waals surface area contributed by atoms with Crippen LogP contribution < -0.4 is 0 Å². The van der Waals surface area contributed by atoms with Gasteiger partial charge in [0, 0.05) is 37.9 Å². The molecule has 13 aromatic rings. The zero-order chi connectivity index (χ0) is 41.9. The Morgan fingerprint density at radius 1 is 0.359 bits per heavy atom. The number of fused-ring (bicyclic) bond motifs is 12. The molecule has 0 amide bonds. The highest BCUT2D eigenvalue weighted by Gasteiger charge is 2.50. The van der Waals surface area contributed by atoms with Crippen molar-refractivity contribution in [3.8, 4) is 39.6 Å². The summed E-state index contributed by atoms with van der Waals surface area (Å²) in [6, 6.07) is 72.3. The average molecular weight is 819 g/mol. The molecule has 6 nitrogen and oxygen atoms in total. The number of rotatable bonds is 5. The maximum Gasteiger partial charge on any atom is 0.238 e. The number of furan rings is 2. The Labute approximate surface area is 366 Å². The summed E-state index contributed by atoms with van der Waals surface area (Å²) in [4.78, 5) is 17.2. The van der Waals surface area contributed by atoms with Gasteiger partial charge >= 0.3 is 0 Å². The summed E-state index contributed by atoms with van der Waals surface area (Å²) in [7, 11) is 0. The highest BCUT2D eigenvalue weighted by molar-refractivity contribution is 6.13. The van der Waals surface area contributed by atoms with E-state index in [9.17, 15) is 0 Å². The van der Waals surface area contributed by atoms with Crippen LogP contribution in [0.5, 0.6) is 0 Å². The molecule has 9 aromatic carbocycles. The van der Waals surface area contributed by atoms with Gasteiger partial charge in [-0.15, -0.1) is 0 Å². The average Bonchev–Trinajstić information content (AvgIpc) is 4.11. The summed E-state index contributed by atoms with van der Waals surface area (Å²) < 4.78 is 15.4. The number of nitrogens with zero attached hydrogens (tertiary/aromatic N) is 4. The van der Waals surface area contributed by atoms with Gasteiger partial charge in [-0.05, 0) is 75.3 Å². The highest BCUT2D eigenvalue weighted by Crippen LogP contribution is 2.57. The van der Waals surface area contributed by atoms with Crippen LogP contribution in [0.25, 0.3) is 105 Å². The van der Waals surface area contributed by atoms with Crippen LogP contribution in [0, 0.1) is 0 Å². The fourth-order valence-corrected chi connectivity index (χ4v) is 10.7. The third kappa shape index (κ3) is 4.76. The fourth-order valence-electron chi connectivity index (χ4n) is 10.7. The first-order chi connectivity index (χ1) is 31.7. The topological polar surface area (TPSA) is 69.9 Å². The van der Waals surface area contributed by atoms with Crippen molar-refractivity contribution in [2.24, 2.45) is 0 Å². The largest absolute Gasteiger partial charge is 0.456 e. The lowest BCUT2D eigenvalue weighted by Gasteiger charge is -2.32. The number of benzene rings is 9. The van der Waals surface area contributed by atoms with Crippen LogP contribution >= 0.6 is 0 Å². The molecule has 0 fully saturated rings. The molecule has 4 aromatic heterocycles. The van der Waals surface area contributed by atoms with E-state index in [1.54, 1.807) is 0 Å². The summed E-state index contributed by atoms with van der Waals surface area (Å²) in [5, 5.41) is 6.25. The highest BCUT2D eigenvalue weighted by atomic mass is 16.3. The third-order valence-electron chi connectivity index (χ3n) is 13.3. The lowest BCUT2D eigenvalue weighted by molar-refractivity contribution is 0.664. The Morgan fingerprint density at radius 3 is 1.66 bits per heavy atom. The molecule has 0 N–H and O–H groups in total. The van der Waals surface area contributed by atoms with Gasteiger partial charge in [0.25, 0.3) is 0 Å². The molecule has 298 valence electrons. The van der Waals surface area contributed by atoms with Crippen LogP contribution in [0.4, 0.5) is 0 Å². The molecule has 1 aliphatic rings. The number of aromatic nitrogens is 4. The van der Waals surface area contributed by atoms with Gasteiger partial charge < -0.3 is 8.83 Å². The lowest BCUT2D eigenvalue weighted by Crippen LogP contribution is -2.32. The molecule has 0 saturated carbocycles. The molecule has 0 aliphatic heterocycles. The van der Waals surface area contributed by atoms with Crippen molar-refractivity contribution in [1.82, 2.24) is 19.5 Å². The third-order valence-corrected chi connectivity index (χ3v) is 13.3. The fraction of sp³-hybridized carbons (Fsp3) is 0.0172. The molecule has 64 heavy (non-hydrogen) atoms. The molecular formula is C58H34N4O2. The van der Waals surface area contributed by atoms with E-state index in [4.69, 9.17) is 23.8 Å². The molecule has 0 spiro atoms. The van der Waals surface area contributed by atoms with Gasteiger partial charge in [-0.3, -0.25) is 4.57 Å². The van der Waals surface area contributed by atoms with Gasteiger partial charge in [-0.2, -0.15) is 9.97 Å². The minimum absolute atomic E-state index is 0.520. The van der Waals surface area contributed by atoms with Crippen molar-refractivity contribution >= 4 is 65.7 Å². The predicted molar refractivity (Wildman–Crippen MR) is 257 cm³/mol. The van der Waals surface area contributed by atoms with Gasteiger partial charge in [-0.25, -0.2) is 4.98 Å². The van der Waals surface area contributed by atoms with Crippen molar-refractivity contribution in [1.29, 1.82) is 0 Å². The van der Waals surface area contributed by atoms with E-state index in [2.05, 4.69) is 174 Å². The smallest absolute Gasteiger partial charge is 0.238 e. The molecular weight excluding hydrogens is 785 g/mol. The van der Waals surface area contributed by atoms with Gasteiger partial charge in [0.15, 0.2) is 11.6 Å². The van der Waals surface area contributed by atoms with Gasteiger partial charge in [0.1, 0.15) is 27.7 Å². The summed E-state index contributed by atoms with van der Waals surface area (Å²) in [5.41, 5.74) is 12.8. The van der Waals surface area contributed by atoms with Crippen LogP contribution in [0.1, 0.15) is 22.5 Å². The summed E-state index contributed by atoms with van der Waals surface area (Å²) in [6.07, 6.45) is 0. The lowest BCUT2D eigenvalue weighted by atomic mass is 9.70. The molecule has 0 saturated heterocycles. The van der Waals surface area contributed by atoms with Crippen LogP contribution in [-0.2, 0) is 5.41 Å². The minimum atomic E-state index is -1.01. The Bertz CT molecular complexity index is 4000. The van der Waals surface area contributed by atoms with E-state index < -0.39 is 5.41 Å². The first-order valence-electron chi connectivity index (χ1n) is 21.6. The van der Waals surface area contributed by atoms with Crippen molar-refractivity contribution in [3.05, 3.63) is 229 Å². The van der Waals surface area contributed by atoms with Crippen molar-refractivity contribution in [2.75, 3.05) is 0 Å². The van der Waals surface area contributed by atoms with E-state index in [0.717, 1.165) is 110 Å². The quantitative estimate of drug-likeness (QED) is 0.173. The number of hydrogen-bond donors (Lipinski definition) is 0. The van der Waals surface area contributed by atoms with E-state index in [-0.39, 0.29) is 0 Å². The monoisotopic (exact) mass is 818 g/mol. The maximum atomic E-state index is 6.64. The first kappa shape index (κ1) is 35.0. The second kappa shape index (κ2) is 13.2. The van der Waals surface area contributed by atoms with E-state index >= 15 is 0 Å². The number of hydrogen-bond acceptors (Lipinski definition) is 5. The number of para-hydroxylation sites is 3. The van der Waals surface area contributed by atoms with Crippen molar-refractivity contribution < 1.29 is 8.83 Å². The zero-order valence-corrected chi connectivity index (χ0v) is 34.2. The van der Waals surface area contributed by atoms with Crippen LogP contribution in [-0.4, -0.2) is 19.5 Å². The Balaban J connectivity index is 1.18. The second-order valence-electron chi connectivity index (χ2n) is 16.6. The molecule has 0 bridgehead atoms. The van der Waals surface area contributed by atoms with E-state index in [0.29, 0.717) is 17.6 Å². The summed E-state index contributed by atoms with van der Waals surface area (Å²) in [5.74, 6) is 1.68. The van der Waals surface area contributed by atoms with Gasteiger partial charge in [-0.1, -0.05) is 170 Å². The van der Waals surface area contributed by atoms with Crippen LogP contribution in [0.3, 0.4) is 0 Å². The second-order valence-corrected chi connectivity index (χ2v) is 16.6. The first-order valence-corrected chi connectivity index (χ1v) is 21.6. The Hall–Kier alpha value is -8.61. The minimum Gasteiger partial charge on any atom is -0.456 e. The molecule has 6 heteroatoms. The van der Waals surface area contributed by atoms with Gasteiger partial charge in [0.05, 0.1) is 11.0 Å².